The van der Waals surface area contributed by atoms with Crippen LogP contribution in [0, 0.1) is 5.82 Å². The summed E-state index contributed by atoms with van der Waals surface area (Å²) >= 11 is 0. The van der Waals surface area contributed by atoms with Crippen LogP contribution in [0.15, 0.2) is 78.9 Å². The molecule has 0 spiro atoms. The van der Waals surface area contributed by atoms with Gasteiger partial charge >= 0.3 is 0 Å². The second-order valence-corrected chi connectivity index (χ2v) is 5.93. The van der Waals surface area contributed by atoms with Crippen LogP contribution < -0.4 is 5.73 Å². The van der Waals surface area contributed by atoms with Gasteiger partial charge in [0.15, 0.2) is 0 Å². The fourth-order valence-electron chi connectivity index (χ4n) is 2.81. The van der Waals surface area contributed by atoms with Gasteiger partial charge in [0, 0.05) is 19.6 Å². The Morgan fingerprint density at radius 3 is 1.75 bits per heavy atom. The number of nitrogen functional groups attached to an aromatic ring is 1. The third-order valence-corrected chi connectivity index (χ3v) is 4.04. The Morgan fingerprint density at radius 2 is 1.21 bits per heavy atom. The normalized spacial score (nSPS) is 10.9. The molecule has 0 radical (unpaired) electrons. The molecule has 3 heteroatoms. The molecule has 0 atom stereocenters. The highest BCUT2D eigenvalue weighted by Gasteiger charge is 2.12. The van der Waals surface area contributed by atoms with Crippen LogP contribution in [0.3, 0.4) is 0 Å². The Kier molecular flexibility index (Phi) is 5.24. The lowest BCUT2D eigenvalue weighted by Crippen LogP contribution is -2.23. The van der Waals surface area contributed by atoms with E-state index in [4.69, 9.17) is 5.73 Å². The molecule has 0 aliphatic heterocycles. The molecule has 0 aliphatic rings. The fraction of sp³-hybridized carbons (Fsp3) is 0.143. The van der Waals surface area contributed by atoms with Crippen molar-refractivity contribution in [3.8, 4) is 0 Å². The fourth-order valence-corrected chi connectivity index (χ4v) is 2.81. The van der Waals surface area contributed by atoms with Crippen LogP contribution in [0.25, 0.3) is 0 Å². The van der Waals surface area contributed by atoms with Crippen LogP contribution in [0.4, 0.5) is 10.1 Å². The molecule has 24 heavy (non-hydrogen) atoms. The second-order valence-electron chi connectivity index (χ2n) is 5.93. The first-order valence-electron chi connectivity index (χ1n) is 8.05. The summed E-state index contributed by atoms with van der Waals surface area (Å²) in [6.07, 6.45) is 0. The summed E-state index contributed by atoms with van der Waals surface area (Å²) in [5.41, 5.74) is 9.43. The molecule has 0 saturated heterocycles. The Morgan fingerprint density at radius 1 is 0.667 bits per heavy atom. The number of nitrogens with two attached hydrogens (primary N) is 1. The first-order chi connectivity index (χ1) is 11.7. The molecule has 0 bridgehead atoms. The molecule has 0 saturated carbocycles. The minimum atomic E-state index is -0.355. The van der Waals surface area contributed by atoms with Gasteiger partial charge in [0.25, 0.3) is 0 Å². The Bertz CT molecular complexity index is 731. The highest BCUT2D eigenvalue weighted by atomic mass is 19.1. The quantitative estimate of drug-likeness (QED) is 0.672. The summed E-state index contributed by atoms with van der Waals surface area (Å²) in [6.45, 7) is 2.17. The standard InChI is InChI=1S/C21H21FN2/c22-20-13-7-12-19(21(20)23)16-24(14-17-8-3-1-4-9-17)15-18-10-5-2-6-11-18/h1-13H,14-16,23H2. The van der Waals surface area contributed by atoms with E-state index in [0.29, 0.717) is 6.54 Å². The minimum absolute atomic E-state index is 0.239. The molecule has 0 unspecified atom stereocenters. The van der Waals surface area contributed by atoms with Gasteiger partial charge in [-0.1, -0.05) is 72.8 Å². The smallest absolute Gasteiger partial charge is 0.146 e. The van der Waals surface area contributed by atoms with Gasteiger partial charge in [-0.05, 0) is 22.8 Å². The highest BCUT2D eigenvalue weighted by Crippen LogP contribution is 2.20. The van der Waals surface area contributed by atoms with Gasteiger partial charge in [-0.25, -0.2) is 4.39 Å². The maximum Gasteiger partial charge on any atom is 0.146 e. The SMILES string of the molecule is Nc1c(F)cccc1CN(Cc1ccccc1)Cc1ccccc1. The van der Waals surface area contributed by atoms with Crippen molar-refractivity contribution in [3.63, 3.8) is 0 Å². The molecule has 0 aromatic heterocycles. The van der Waals surface area contributed by atoms with Gasteiger partial charge in [0.2, 0.25) is 0 Å². The van der Waals surface area contributed by atoms with Crippen molar-refractivity contribution in [1.82, 2.24) is 4.90 Å². The number of hydrogen-bond donors (Lipinski definition) is 1. The summed E-state index contributed by atoms with van der Waals surface area (Å²) in [6, 6.07) is 25.6. The number of anilines is 1. The van der Waals surface area contributed by atoms with Gasteiger partial charge < -0.3 is 5.73 Å². The topological polar surface area (TPSA) is 29.3 Å². The van der Waals surface area contributed by atoms with Gasteiger partial charge in [0.1, 0.15) is 5.82 Å². The lowest BCUT2D eigenvalue weighted by molar-refractivity contribution is 0.248. The third kappa shape index (κ3) is 4.21. The first-order valence-corrected chi connectivity index (χ1v) is 8.05. The predicted molar refractivity (Wildman–Crippen MR) is 96.6 cm³/mol. The number of halogens is 1. The van der Waals surface area contributed by atoms with Gasteiger partial charge in [-0.2, -0.15) is 0 Å². The zero-order chi connectivity index (χ0) is 16.8. The van der Waals surface area contributed by atoms with E-state index in [1.807, 2.05) is 42.5 Å². The average Bonchev–Trinajstić information content (AvgIpc) is 2.61. The van der Waals surface area contributed by atoms with Crippen molar-refractivity contribution in [3.05, 3.63) is 101 Å². The van der Waals surface area contributed by atoms with Crippen molar-refractivity contribution < 1.29 is 4.39 Å². The van der Waals surface area contributed by atoms with Crippen LogP contribution in [-0.4, -0.2) is 4.90 Å². The molecule has 3 rings (SSSR count). The monoisotopic (exact) mass is 320 g/mol. The molecule has 0 amide bonds. The van der Waals surface area contributed by atoms with Crippen molar-refractivity contribution in [2.24, 2.45) is 0 Å². The lowest BCUT2D eigenvalue weighted by atomic mass is 10.1. The van der Waals surface area contributed by atoms with Crippen LogP contribution in [0.2, 0.25) is 0 Å². The van der Waals surface area contributed by atoms with Crippen molar-refractivity contribution in [1.29, 1.82) is 0 Å². The Labute approximate surface area is 142 Å². The van der Waals surface area contributed by atoms with Crippen LogP contribution in [0.1, 0.15) is 16.7 Å². The van der Waals surface area contributed by atoms with Gasteiger partial charge in [0.05, 0.1) is 5.69 Å². The van der Waals surface area contributed by atoms with E-state index < -0.39 is 0 Å². The lowest BCUT2D eigenvalue weighted by Gasteiger charge is -2.23. The minimum Gasteiger partial charge on any atom is -0.396 e. The molecule has 2 nitrogen and oxygen atoms in total. The van der Waals surface area contributed by atoms with E-state index in [2.05, 4.69) is 29.2 Å². The Balaban J connectivity index is 1.82. The molecule has 3 aromatic carbocycles. The molecule has 0 fully saturated rings. The van der Waals surface area contributed by atoms with E-state index in [-0.39, 0.29) is 11.5 Å². The number of rotatable bonds is 6. The third-order valence-electron chi connectivity index (χ3n) is 4.04. The Hall–Kier alpha value is -2.65. The number of para-hydroxylation sites is 1. The van der Waals surface area contributed by atoms with Crippen molar-refractivity contribution >= 4 is 5.69 Å². The van der Waals surface area contributed by atoms with Gasteiger partial charge in [-0.3, -0.25) is 4.90 Å². The van der Waals surface area contributed by atoms with Gasteiger partial charge in [-0.15, -0.1) is 0 Å². The molecular weight excluding hydrogens is 299 g/mol. The summed E-state index contributed by atoms with van der Waals surface area (Å²) in [4.78, 5) is 2.27. The summed E-state index contributed by atoms with van der Waals surface area (Å²) in [5, 5.41) is 0. The van der Waals surface area contributed by atoms with Crippen LogP contribution in [0.5, 0.6) is 0 Å². The van der Waals surface area contributed by atoms with Crippen LogP contribution in [-0.2, 0) is 19.6 Å². The zero-order valence-corrected chi connectivity index (χ0v) is 13.5. The van der Waals surface area contributed by atoms with E-state index >= 15 is 0 Å². The van der Waals surface area contributed by atoms with E-state index in [1.165, 1.54) is 17.2 Å². The molecule has 0 heterocycles. The number of nitrogens with zero attached hydrogens (tertiary/aromatic N) is 1. The summed E-state index contributed by atoms with van der Waals surface area (Å²) < 4.78 is 13.7. The van der Waals surface area contributed by atoms with Crippen LogP contribution >= 0.6 is 0 Å². The second kappa shape index (κ2) is 7.75. The summed E-state index contributed by atoms with van der Waals surface area (Å²) in [5.74, 6) is -0.355. The zero-order valence-electron chi connectivity index (χ0n) is 13.5. The first kappa shape index (κ1) is 16.2. The number of hydrogen-bond acceptors (Lipinski definition) is 2. The molecular formula is C21H21FN2. The van der Waals surface area contributed by atoms with Crippen molar-refractivity contribution in [2.75, 3.05) is 5.73 Å². The largest absolute Gasteiger partial charge is 0.396 e. The molecule has 3 aromatic rings. The molecule has 0 aliphatic carbocycles. The maximum absolute atomic E-state index is 13.7. The molecule has 122 valence electrons. The average molecular weight is 320 g/mol. The van der Waals surface area contributed by atoms with E-state index in [9.17, 15) is 4.39 Å². The summed E-state index contributed by atoms with van der Waals surface area (Å²) in [7, 11) is 0. The molecule has 2 N–H and O–H groups in total. The van der Waals surface area contributed by atoms with E-state index in [0.717, 1.165) is 18.7 Å². The van der Waals surface area contributed by atoms with Crippen molar-refractivity contribution in [2.45, 2.75) is 19.6 Å². The van der Waals surface area contributed by atoms with E-state index in [1.54, 1.807) is 6.07 Å². The predicted octanol–water partition coefficient (Wildman–Crippen LogP) is 4.61. The maximum atomic E-state index is 13.7. The highest BCUT2D eigenvalue weighted by molar-refractivity contribution is 5.47. The number of benzene rings is 3.